The molecule has 4 heterocycles. The predicted molar refractivity (Wildman–Crippen MR) is 331 cm³/mol. The molecule has 0 bridgehead atoms. The van der Waals surface area contributed by atoms with E-state index >= 15 is 0 Å². The average Bonchev–Trinajstić information content (AvgIpc) is 3.36. The average molecular weight is 1580 g/mol. The molecule has 78 heavy (non-hydrogen) atoms. The molecule has 3 N–H and O–H groups in total. The van der Waals surface area contributed by atoms with Crippen molar-refractivity contribution in [1.29, 1.82) is 0 Å². The Morgan fingerprint density at radius 3 is 1.04 bits per heavy atom. The molecule has 0 aliphatic carbocycles. The lowest BCUT2D eigenvalue weighted by Gasteiger charge is -2.14. The Kier molecular flexibility index (Phi) is 26.4. The van der Waals surface area contributed by atoms with Crippen LogP contribution in [-0.2, 0) is 28.2 Å². The Labute approximate surface area is 505 Å². The highest BCUT2D eigenvalue weighted by atomic mass is 127. The lowest BCUT2D eigenvalue weighted by atomic mass is 10.3. The van der Waals surface area contributed by atoms with Crippen LogP contribution in [0.25, 0.3) is 22.7 Å². The van der Waals surface area contributed by atoms with Crippen molar-refractivity contribution in [3.63, 3.8) is 0 Å². The van der Waals surface area contributed by atoms with Crippen LogP contribution in [0.1, 0.15) is 14.9 Å². The molecule has 29 heteroatoms. The van der Waals surface area contributed by atoms with Gasteiger partial charge in [0.15, 0.2) is 0 Å². The Hall–Kier alpha value is -5.62. The molecule has 0 amide bonds. The second-order valence-electron chi connectivity index (χ2n) is 14.9. The molecule has 0 spiro atoms. The first-order chi connectivity index (χ1) is 35.7. The SMILES string of the molecule is C.C.CNc1cc(=O)n(-c2ccc(I)cc2F)c(=O)n1C.CNc1cc(=O)n(C)c(=O)n1-c1ccc(I)cc1F.CO.Cn1c(=O)cc(Cl)n(-c2ccc(I)cc2F)c1=O.Cn1c(Cl)cc(=O)n(-c2ccc(I)cc2F)c1=O. The van der Waals surface area contributed by atoms with Gasteiger partial charge in [-0.25, -0.2) is 55.0 Å². The fourth-order valence-electron chi connectivity index (χ4n) is 6.42. The van der Waals surface area contributed by atoms with Crippen molar-refractivity contribution in [1.82, 2.24) is 36.5 Å². The van der Waals surface area contributed by atoms with E-state index in [1.165, 1.54) is 93.4 Å². The molecule has 0 unspecified atom stereocenters. The maximum absolute atomic E-state index is 14.0. The second kappa shape index (κ2) is 30.1. The van der Waals surface area contributed by atoms with Crippen LogP contribution >= 0.6 is 114 Å². The van der Waals surface area contributed by atoms with E-state index in [1.807, 2.05) is 90.4 Å². The molecule has 0 aliphatic heterocycles. The van der Waals surface area contributed by atoms with Crippen molar-refractivity contribution >= 4 is 125 Å². The first-order valence-electron chi connectivity index (χ1n) is 21.0. The van der Waals surface area contributed by atoms with Crippen LogP contribution < -0.4 is 55.6 Å². The van der Waals surface area contributed by atoms with Crippen LogP contribution in [0.15, 0.2) is 135 Å². The van der Waals surface area contributed by atoms with Gasteiger partial charge in [-0.1, -0.05) is 38.1 Å². The van der Waals surface area contributed by atoms with E-state index in [0.717, 1.165) is 54.8 Å². The van der Waals surface area contributed by atoms with Crippen LogP contribution in [0.5, 0.6) is 0 Å². The van der Waals surface area contributed by atoms with E-state index in [4.69, 9.17) is 28.3 Å². The quantitative estimate of drug-likeness (QED) is 0.0847. The number of nitrogens with one attached hydrogen (secondary N) is 2. The van der Waals surface area contributed by atoms with Crippen LogP contribution in [0, 0.1) is 37.5 Å². The van der Waals surface area contributed by atoms with Crippen molar-refractivity contribution in [2.24, 2.45) is 28.2 Å². The molecule has 8 aromatic rings. The molecule has 0 radical (unpaired) electrons. The molecular formula is C49H48Cl2F4I4N10O9. The number of benzene rings is 4. The molecule has 0 saturated carbocycles. The first kappa shape index (κ1) is 68.5. The number of hydrogen-bond donors (Lipinski definition) is 3. The van der Waals surface area contributed by atoms with E-state index < -0.39 is 68.3 Å². The van der Waals surface area contributed by atoms with Gasteiger partial charge in [-0.05, 0) is 163 Å². The Balaban J connectivity index is 0.000000349. The Morgan fingerprint density at radius 1 is 0.385 bits per heavy atom. The van der Waals surface area contributed by atoms with Gasteiger partial charge >= 0.3 is 22.8 Å². The van der Waals surface area contributed by atoms with Gasteiger partial charge in [-0.2, -0.15) is 0 Å². The first-order valence-corrected chi connectivity index (χ1v) is 26.1. The van der Waals surface area contributed by atoms with Crippen molar-refractivity contribution in [2.75, 3.05) is 31.8 Å². The maximum atomic E-state index is 14.0. The van der Waals surface area contributed by atoms with Crippen molar-refractivity contribution in [3.8, 4) is 22.7 Å². The Morgan fingerprint density at radius 2 is 0.667 bits per heavy atom. The number of aliphatic hydroxyl groups is 1. The summed E-state index contributed by atoms with van der Waals surface area (Å²) in [5, 5.41) is 12.3. The molecule has 0 aliphatic rings. The molecule has 0 saturated heterocycles. The summed E-state index contributed by atoms with van der Waals surface area (Å²) in [4.78, 5) is 94.7. The van der Waals surface area contributed by atoms with Gasteiger partial charge in [0.25, 0.3) is 22.2 Å². The molecule has 418 valence electrons. The van der Waals surface area contributed by atoms with E-state index in [2.05, 4.69) is 10.6 Å². The number of anilines is 2. The molecule has 8 rings (SSSR count). The summed E-state index contributed by atoms with van der Waals surface area (Å²) in [7, 11) is 9.74. The molecule has 4 aromatic heterocycles. The summed E-state index contributed by atoms with van der Waals surface area (Å²) in [5.41, 5.74) is -4.81. The summed E-state index contributed by atoms with van der Waals surface area (Å²) >= 11 is 19.4. The summed E-state index contributed by atoms with van der Waals surface area (Å²) in [5.74, 6) is -1.73. The topological polar surface area (TPSA) is 220 Å². The Bertz CT molecular complexity index is 4010. The predicted octanol–water partition coefficient (Wildman–Crippen LogP) is 7.39. The standard InChI is InChI=1S/2C12H11FIN3O2.2C11H7ClFIN2O2.CH4O.2CH4/c1-15-10-6-11(18)16(2)12(19)17(10)9-4-3-7(14)5-8(9)13;1-15-10-6-11(18)17(12(19)16(10)2)9-4-3-7(14)5-8(9)13;1-15-10(17)5-9(12)16(11(15)18)8-3-2-6(14)4-7(8)13;1-15-9(12)5-10(17)16(11(15)18)8-3-2-6(14)4-7(8)13;1-2;;/h2*3-6,15H,1-2H3;2*2-5H,1H3;2H,1H3;2*1H4. The normalized spacial score (nSPS) is 10.1. The summed E-state index contributed by atoms with van der Waals surface area (Å²) in [6.07, 6.45) is 0. The molecule has 0 atom stereocenters. The van der Waals surface area contributed by atoms with E-state index in [0.29, 0.717) is 16.5 Å². The fourth-order valence-corrected chi connectivity index (χ4v) is 8.65. The van der Waals surface area contributed by atoms with Crippen LogP contribution in [0.3, 0.4) is 0 Å². The van der Waals surface area contributed by atoms with Crippen molar-refractivity contribution in [3.05, 3.63) is 228 Å². The number of rotatable bonds is 6. The maximum Gasteiger partial charge on any atom is 0.337 e. The summed E-state index contributed by atoms with van der Waals surface area (Å²) in [6, 6.07) is 22.1. The number of nitrogens with zero attached hydrogens (tertiary/aromatic N) is 8. The van der Waals surface area contributed by atoms with Gasteiger partial charge in [-0.15, -0.1) is 0 Å². The van der Waals surface area contributed by atoms with Crippen LogP contribution in [0.2, 0.25) is 10.3 Å². The van der Waals surface area contributed by atoms with Gasteiger partial charge in [0, 0.05) is 87.9 Å². The number of aromatic nitrogens is 8. The van der Waals surface area contributed by atoms with Crippen molar-refractivity contribution in [2.45, 2.75) is 14.9 Å². The van der Waals surface area contributed by atoms with Gasteiger partial charge < -0.3 is 15.7 Å². The van der Waals surface area contributed by atoms with Gasteiger partial charge in [0.1, 0.15) is 45.2 Å². The third-order valence-electron chi connectivity index (χ3n) is 10.3. The fraction of sp³-hybridized carbons (Fsp3) is 0.184. The third-order valence-corrected chi connectivity index (χ3v) is 13.6. The zero-order valence-corrected chi connectivity index (χ0v) is 50.5. The lowest BCUT2D eigenvalue weighted by molar-refractivity contribution is 0.399. The molecular weight excluding hydrogens is 1530 g/mol. The second-order valence-corrected chi connectivity index (χ2v) is 20.7. The van der Waals surface area contributed by atoms with Gasteiger partial charge in [0.2, 0.25) is 0 Å². The smallest absolute Gasteiger partial charge is 0.337 e. The number of aliphatic hydroxyl groups excluding tert-OH is 1. The minimum Gasteiger partial charge on any atom is -0.400 e. The monoisotopic (exact) mass is 1570 g/mol. The highest BCUT2D eigenvalue weighted by Crippen LogP contribution is 2.20. The number of hydrogen-bond acceptors (Lipinski definition) is 11. The molecule has 19 nitrogen and oxygen atoms in total. The summed E-state index contributed by atoms with van der Waals surface area (Å²) < 4.78 is 66.0. The highest BCUT2D eigenvalue weighted by molar-refractivity contribution is 14.1. The van der Waals surface area contributed by atoms with E-state index in [9.17, 15) is 55.9 Å². The minimum absolute atomic E-state index is 0. The lowest BCUT2D eigenvalue weighted by Crippen LogP contribution is -2.38. The van der Waals surface area contributed by atoms with Gasteiger partial charge in [0.05, 0.1) is 22.7 Å². The highest BCUT2D eigenvalue weighted by Gasteiger charge is 2.17. The minimum atomic E-state index is -0.687. The van der Waals surface area contributed by atoms with Crippen LogP contribution in [-0.4, -0.2) is 62.8 Å². The summed E-state index contributed by atoms with van der Waals surface area (Å²) in [6.45, 7) is 0. The van der Waals surface area contributed by atoms with Crippen LogP contribution in [0.4, 0.5) is 29.2 Å². The molecule has 0 fully saturated rings. The largest absolute Gasteiger partial charge is 0.400 e. The molecule has 4 aromatic carbocycles. The number of halogens is 10. The third kappa shape index (κ3) is 15.8. The zero-order valence-electron chi connectivity index (χ0n) is 40.3. The van der Waals surface area contributed by atoms with Gasteiger partial charge in [-0.3, -0.25) is 37.4 Å². The van der Waals surface area contributed by atoms with E-state index in [-0.39, 0.29) is 53.7 Å². The zero-order chi connectivity index (χ0) is 57.2. The van der Waals surface area contributed by atoms with Crippen molar-refractivity contribution < 1.29 is 22.7 Å². The van der Waals surface area contributed by atoms with E-state index in [1.54, 1.807) is 38.4 Å².